The Kier molecular flexibility index (Phi) is 6.79. The lowest BCUT2D eigenvalue weighted by Gasteiger charge is -2.50. The molecule has 2 N–H and O–H groups in total. The molecule has 8 nitrogen and oxygen atoms in total. The maximum atomic E-state index is 12.0. The molecule has 3 aliphatic heterocycles. The number of ether oxygens (including phenoxy) is 1. The molecule has 0 saturated carbocycles. The molecular weight excluding hydrogens is 408 g/mol. The second-order valence-electron chi connectivity index (χ2n) is 8.90. The van der Waals surface area contributed by atoms with Gasteiger partial charge in [0.15, 0.2) is 0 Å². The lowest BCUT2D eigenvalue weighted by molar-refractivity contribution is -0.137. The van der Waals surface area contributed by atoms with Gasteiger partial charge in [-0.2, -0.15) is 5.10 Å². The number of aromatic nitrogens is 2. The molecule has 32 heavy (non-hydrogen) atoms. The number of benzene rings is 1. The Morgan fingerprint density at radius 3 is 2.69 bits per heavy atom. The molecule has 0 aliphatic carbocycles. The lowest BCUT2D eigenvalue weighted by atomic mass is 9.74. The van der Waals surface area contributed by atoms with E-state index in [-0.39, 0.29) is 18.7 Å². The maximum Gasteiger partial charge on any atom is 0.303 e. The lowest BCUT2D eigenvalue weighted by Crippen LogP contribution is -2.56. The van der Waals surface area contributed by atoms with Gasteiger partial charge < -0.3 is 15.2 Å². The summed E-state index contributed by atoms with van der Waals surface area (Å²) in [6.45, 7) is 2.67. The number of aryl methyl sites for hydroxylation is 1. The number of nitrogens with zero attached hydrogens (tertiary/aromatic N) is 3. The van der Waals surface area contributed by atoms with Gasteiger partial charge in [0.2, 0.25) is 5.91 Å². The summed E-state index contributed by atoms with van der Waals surface area (Å²) in [6, 6.07) is 10.6. The average Bonchev–Trinajstić information content (AvgIpc) is 3.19. The second kappa shape index (κ2) is 9.73. The van der Waals surface area contributed by atoms with Crippen molar-refractivity contribution in [3.63, 3.8) is 0 Å². The number of piperidine rings is 3. The van der Waals surface area contributed by atoms with Crippen molar-refractivity contribution in [2.24, 2.45) is 13.0 Å². The number of rotatable bonds is 9. The van der Waals surface area contributed by atoms with Crippen molar-refractivity contribution < 1.29 is 19.4 Å². The third kappa shape index (κ3) is 4.96. The number of hydrogen-bond acceptors (Lipinski definition) is 5. The summed E-state index contributed by atoms with van der Waals surface area (Å²) in [5.74, 6) is 0.942. The van der Waals surface area contributed by atoms with E-state index in [4.69, 9.17) is 14.9 Å². The molecule has 2 bridgehead atoms. The average molecular weight is 441 g/mol. The van der Waals surface area contributed by atoms with E-state index in [1.54, 1.807) is 7.11 Å². The molecule has 0 spiro atoms. The zero-order valence-corrected chi connectivity index (χ0v) is 18.8. The van der Waals surface area contributed by atoms with Crippen LogP contribution in [0, 0.1) is 5.92 Å². The third-order valence-electron chi connectivity index (χ3n) is 6.89. The van der Waals surface area contributed by atoms with Gasteiger partial charge in [0.05, 0.1) is 12.8 Å². The van der Waals surface area contributed by atoms with E-state index in [0.29, 0.717) is 30.8 Å². The normalized spacial score (nSPS) is 24.3. The van der Waals surface area contributed by atoms with E-state index in [1.165, 1.54) is 5.69 Å². The van der Waals surface area contributed by atoms with Crippen LogP contribution >= 0.6 is 0 Å². The predicted molar refractivity (Wildman–Crippen MR) is 121 cm³/mol. The Balaban J connectivity index is 1.36. The van der Waals surface area contributed by atoms with Crippen molar-refractivity contribution in [1.82, 2.24) is 20.0 Å². The van der Waals surface area contributed by atoms with Crippen LogP contribution in [-0.2, 0) is 16.6 Å². The van der Waals surface area contributed by atoms with Crippen molar-refractivity contribution in [2.45, 2.75) is 44.1 Å². The number of aliphatic carboxylic acids is 1. The van der Waals surface area contributed by atoms with E-state index in [0.717, 1.165) is 42.9 Å². The summed E-state index contributed by atoms with van der Waals surface area (Å²) < 4.78 is 7.27. The van der Waals surface area contributed by atoms with E-state index < -0.39 is 5.97 Å². The molecule has 5 rings (SSSR count). The summed E-state index contributed by atoms with van der Waals surface area (Å²) in [7, 11) is 3.69. The summed E-state index contributed by atoms with van der Waals surface area (Å²) in [5, 5.41) is 16.5. The standard InChI is InChI=1S/C24H32N4O4/c1-27-22(13-21(26-27)16-6-8-19(32-2)9-7-16)20-15-28-11-10-17(20)12-18(28)14-25-23(29)4-3-5-24(30)31/h6-9,13,17-18,20H,3-5,10-12,14-15H2,1-2H3,(H,25,29)(H,30,31). The molecule has 172 valence electrons. The summed E-state index contributed by atoms with van der Waals surface area (Å²) in [4.78, 5) is 25.1. The first-order valence-electron chi connectivity index (χ1n) is 11.4. The molecule has 2 aromatic rings. The Morgan fingerprint density at radius 1 is 1.25 bits per heavy atom. The highest BCUT2D eigenvalue weighted by Gasteiger charge is 2.41. The molecule has 1 amide bonds. The number of fused-ring (bicyclic) bond motifs is 3. The summed E-state index contributed by atoms with van der Waals surface area (Å²) in [5.41, 5.74) is 3.32. The fourth-order valence-corrected chi connectivity index (χ4v) is 5.14. The Hall–Kier alpha value is -2.87. The highest BCUT2D eigenvalue weighted by molar-refractivity contribution is 5.76. The van der Waals surface area contributed by atoms with Crippen LogP contribution in [0.3, 0.4) is 0 Å². The first-order chi connectivity index (χ1) is 15.4. The number of carbonyl (C=O) groups excluding carboxylic acids is 1. The number of amides is 1. The number of carboxylic acid groups (broad SMARTS) is 1. The van der Waals surface area contributed by atoms with Crippen LogP contribution in [0.15, 0.2) is 30.3 Å². The number of carboxylic acids is 1. The number of carbonyl (C=O) groups is 2. The van der Waals surface area contributed by atoms with Crippen LogP contribution in [0.1, 0.15) is 43.7 Å². The molecule has 0 radical (unpaired) electrons. The van der Waals surface area contributed by atoms with Crippen molar-refractivity contribution in [1.29, 1.82) is 0 Å². The molecule has 3 aliphatic rings. The van der Waals surface area contributed by atoms with E-state index in [1.807, 2.05) is 36.0 Å². The first kappa shape index (κ1) is 22.3. The fourth-order valence-electron chi connectivity index (χ4n) is 5.14. The second-order valence-corrected chi connectivity index (χ2v) is 8.90. The molecule has 8 heteroatoms. The van der Waals surface area contributed by atoms with Crippen molar-refractivity contribution in [2.75, 3.05) is 26.7 Å². The van der Waals surface area contributed by atoms with Gasteiger partial charge in [0, 0.05) is 56.2 Å². The molecule has 1 aromatic carbocycles. The van der Waals surface area contributed by atoms with Crippen LogP contribution < -0.4 is 10.1 Å². The molecular formula is C24H32N4O4. The topological polar surface area (TPSA) is 96.7 Å². The molecule has 4 heterocycles. The van der Waals surface area contributed by atoms with Gasteiger partial charge in [-0.1, -0.05) is 0 Å². The van der Waals surface area contributed by atoms with Crippen LogP contribution in [0.4, 0.5) is 0 Å². The highest BCUT2D eigenvalue weighted by atomic mass is 16.5. The van der Waals surface area contributed by atoms with Crippen molar-refractivity contribution in [3.05, 3.63) is 36.0 Å². The first-order valence-corrected chi connectivity index (χ1v) is 11.4. The number of nitrogens with one attached hydrogen (secondary N) is 1. The van der Waals surface area contributed by atoms with Crippen molar-refractivity contribution >= 4 is 11.9 Å². The molecule has 3 fully saturated rings. The summed E-state index contributed by atoms with van der Waals surface area (Å²) >= 11 is 0. The van der Waals surface area contributed by atoms with Crippen molar-refractivity contribution in [3.8, 4) is 17.0 Å². The van der Waals surface area contributed by atoms with Gasteiger partial charge in [-0.15, -0.1) is 0 Å². The Morgan fingerprint density at radius 2 is 2.03 bits per heavy atom. The van der Waals surface area contributed by atoms with Gasteiger partial charge in [-0.3, -0.25) is 19.2 Å². The molecule has 3 saturated heterocycles. The number of methoxy groups -OCH3 is 1. The van der Waals surface area contributed by atoms with E-state index in [2.05, 4.69) is 16.3 Å². The monoisotopic (exact) mass is 440 g/mol. The number of hydrogen-bond donors (Lipinski definition) is 2. The predicted octanol–water partition coefficient (Wildman–Crippen LogP) is 2.64. The highest BCUT2D eigenvalue weighted by Crippen LogP contribution is 2.42. The molecule has 4 atom stereocenters. The van der Waals surface area contributed by atoms with Gasteiger partial charge >= 0.3 is 5.97 Å². The van der Waals surface area contributed by atoms with Gasteiger partial charge in [-0.25, -0.2) is 0 Å². The minimum absolute atomic E-state index is 0.0376. The van der Waals surface area contributed by atoms with Crippen LogP contribution in [0.5, 0.6) is 5.75 Å². The SMILES string of the molecule is COc1ccc(-c2cc(C3CN4CCC3CC4CNC(=O)CCCC(=O)O)n(C)n2)cc1. The molecule has 4 unspecified atom stereocenters. The quantitative estimate of drug-likeness (QED) is 0.622. The zero-order valence-electron chi connectivity index (χ0n) is 18.8. The van der Waals surface area contributed by atoms with Gasteiger partial charge in [0.25, 0.3) is 0 Å². The van der Waals surface area contributed by atoms with Crippen LogP contribution in [-0.4, -0.2) is 64.4 Å². The summed E-state index contributed by atoms with van der Waals surface area (Å²) in [6.07, 6.45) is 2.92. The Labute approximate surface area is 188 Å². The van der Waals surface area contributed by atoms with Crippen LogP contribution in [0.2, 0.25) is 0 Å². The third-order valence-corrected chi connectivity index (χ3v) is 6.89. The minimum atomic E-state index is -0.857. The smallest absolute Gasteiger partial charge is 0.303 e. The minimum Gasteiger partial charge on any atom is -0.497 e. The zero-order chi connectivity index (χ0) is 22.7. The fraction of sp³-hybridized carbons (Fsp3) is 0.542. The Bertz CT molecular complexity index is 955. The largest absolute Gasteiger partial charge is 0.497 e. The maximum absolute atomic E-state index is 12.0. The van der Waals surface area contributed by atoms with E-state index >= 15 is 0 Å². The van der Waals surface area contributed by atoms with Crippen LogP contribution in [0.25, 0.3) is 11.3 Å². The van der Waals surface area contributed by atoms with E-state index in [9.17, 15) is 9.59 Å². The van der Waals surface area contributed by atoms with Gasteiger partial charge in [-0.05, 0) is 62.1 Å². The van der Waals surface area contributed by atoms with Gasteiger partial charge in [0.1, 0.15) is 5.75 Å². The molecule has 1 aromatic heterocycles.